The van der Waals surface area contributed by atoms with E-state index in [1.807, 2.05) is 30.6 Å². The summed E-state index contributed by atoms with van der Waals surface area (Å²) in [5, 5.41) is 0. The summed E-state index contributed by atoms with van der Waals surface area (Å²) in [4.78, 5) is 6.59. The molecule has 0 atom stereocenters. The van der Waals surface area contributed by atoms with Crippen molar-refractivity contribution < 1.29 is 4.74 Å². The molecule has 1 aromatic carbocycles. The molecule has 0 unspecified atom stereocenters. The van der Waals surface area contributed by atoms with Crippen LogP contribution in [0.3, 0.4) is 0 Å². The summed E-state index contributed by atoms with van der Waals surface area (Å²) in [6.45, 7) is 2.65. The highest BCUT2D eigenvalue weighted by Crippen LogP contribution is 2.33. The monoisotopic (exact) mass is 244 g/mol. The van der Waals surface area contributed by atoms with Gasteiger partial charge in [-0.05, 0) is 12.1 Å². The van der Waals surface area contributed by atoms with Gasteiger partial charge in [0.2, 0.25) is 0 Å². The van der Waals surface area contributed by atoms with Crippen LogP contribution >= 0.6 is 0 Å². The number of nitrogen functional groups attached to an aromatic ring is 1. The highest BCUT2D eigenvalue weighted by Gasteiger charge is 2.19. The quantitative estimate of drug-likeness (QED) is 0.813. The zero-order chi connectivity index (χ0) is 12.5. The number of rotatable bonds is 2. The minimum atomic E-state index is 0.694. The van der Waals surface area contributed by atoms with Gasteiger partial charge in [0, 0.05) is 25.5 Å². The Kier molecular flexibility index (Phi) is 2.59. The second kappa shape index (κ2) is 4.25. The fourth-order valence-electron chi connectivity index (χ4n) is 2.37. The van der Waals surface area contributed by atoms with Gasteiger partial charge in [0.15, 0.2) is 0 Å². The van der Waals surface area contributed by atoms with E-state index in [2.05, 4.69) is 14.5 Å². The highest BCUT2D eigenvalue weighted by molar-refractivity contribution is 5.74. The maximum atomic E-state index is 6.13. The van der Waals surface area contributed by atoms with Gasteiger partial charge in [-0.1, -0.05) is 6.07 Å². The number of nitrogens with two attached hydrogens (primary N) is 1. The molecular formula is C13H16N4O. The summed E-state index contributed by atoms with van der Waals surface area (Å²) in [5.74, 6) is 1.80. The maximum absolute atomic E-state index is 6.13. The van der Waals surface area contributed by atoms with Gasteiger partial charge in [0.25, 0.3) is 0 Å². The first-order valence-electron chi connectivity index (χ1n) is 5.97. The second-order valence-corrected chi connectivity index (χ2v) is 4.35. The molecule has 5 heteroatoms. The number of ether oxygens (including phenoxy) is 1. The molecule has 0 saturated heterocycles. The van der Waals surface area contributed by atoms with Crippen molar-refractivity contribution in [1.82, 2.24) is 9.55 Å². The Morgan fingerprint density at radius 3 is 3.06 bits per heavy atom. The van der Waals surface area contributed by atoms with Crippen LogP contribution in [0.15, 0.2) is 30.6 Å². The number of imidazole rings is 1. The van der Waals surface area contributed by atoms with E-state index in [0.29, 0.717) is 5.69 Å². The lowest BCUT2D eigenvalue weighted by Gasteiger charge is -2.30. The van der Waals surface area contributed by atoms with Crippen molar-refractivity contribution in [2.45, 2.75) is 13.1 Å². The number of aromatic nitrogens is 2. The van der Waals surface area contributed by atoms with Gasteiger partial charge in [-0.3, -0.25) is 0 Å². The molecule has 3 rings (SSSR count). The molecule has 0 fully saturated rings. The lowest BCUT2D eigenvalue weighted by molar-refractivity contribution is 0.417. The van der Waals surface area contributed by atoms with Crippen LogP contribution in [0.25, 0.3) is 0 Å². The first-order valence-corrected chi connectivity index (χ1v) is 5.97. The van der Waals surface area contributed by atoms with Gasteiger partial charge >= 0.3 is 0 Å². The Balaban J connectivity index is 1.93. The predicted octanol–water partition coefficient (Wildman–Crippen LogP) is 1.49. The SMILES string of the molecule is COc1cccc(N2CCn3ccnc3C2)c1N. The molecule has 1 aliphatic heterocycles. The molecule has 1 aliphatic rings. The van der Waals surface area contributed by atoms with Crippen molar-refractivity contribution in [2.75, 3.05) is 24.3 Å². The smallest absolute Gasteiger partial charge is 0.143 e. The summed E-state index contributed by atoms with van der Waals surface area (Å²) in [6.07, 6.45) is 3.86. The molecule has 2 heterocycles. The van der Waals surface area contributed by atoms with Crippen LogP contribution in [0.5, 0.6) is 5.75 Å². The topological polar surface area (TPSA) is 56.3 Å². The molecule has 18 heavy (non-hydrogen) atoms. The van der Waals surface area contributed by atoms with Crippen LogP contribution in [-0.2, 0) is 13.1 Å². The first kappa shape index (κ1) is 11.0. The Hall–Kier alpha value is -2.17. The molecule has 0 radical (unpaired) electrons. The Morgan fingerprint density at radius 2 is 2.22 bits per heavy atom. The van der Waals surface area contributed by atoms with E-state index < -0.39 is 0 Å². The highest BCUT2D eigenvalue weighted by atomic mass is 16.5. The summed E-state index contributed by atoms with van der Waals surface area (Å²) in [5.41, 5.74) is 7.84. The van der Waals surface area contributed by atoms with Gasteiger partial charge in [0.1, 0.15) is 11.6 Å². The van der Waals surface area contributed by atoms with Crippen LogP contribution in [0.1, 0.15) is 5.82 Å². The van der Waals surface area contributed by atoms with Crippen LogP contribution in [0.4, 0.5) is 11.4 Å². The third-order valence-corrected chi connectivity index (χ3v) is 3.35. The van der Waals surface area contributed by atoms with Crippen LogP contribution < -0.4 is 15.4 Å². The van der Waals surface area contributed by atoms with Gasteiger partial charge in [-0.15, -0.1) is 0 Å². The van der Waals surface area contributed by atoms with E-state index in [4.69, 9.17) is 10.5 Å². The Bertz CT molecular complexity index is 564. The number of nitrogens with zero attached hydrogens (tertiary/aromatic N) is 3. The number of hydrogen-bond acceptors (Lipinski definition) is 4. The average molecular weight is 244 g/mol. The van der Waals surface area contributed by atoms with Gasteiger partial charge in [0.05, 0.1) is 25.0 Å². The molecule has 0 amide bonds. The zero-order valence-corrected chi connectivity index (χ0v) is 10.3. The van der Waals surface area contributed by atoms with Crippen molar-refractivity contribution in [3.8, 4) is 5.75 Å². The largest absolute Gasteiger partial charge is 0.495 e. The van der Waals surface area contributed by atoms with E-state index >= 15 is 0 Å². The van der Waals surface area contributed by atoms with E-state index in [1.54, 1.807) is 7.11 Å². The normalized spacial score (nSPS) is 14.4. The Morgan fingerprint density at radius 1 is 1.33 bits per heavy atom. The fourth-order valence-corrected chi connectivity index (χ4v) is 2.37. The number of para-hydroxylation sites is 1. The summed E-state index contributed by atoms with van der Waals surface area (Å²) in [7, 11) is 1.64. The lowest BCUT2D eigenvalue weighted by atomic mass is 10.2. The van der Waals surface area contributed by atoms with E-state index in [1.165, 1.54) is 0 Å². The van der Waals surface area contributed by atoms with Crippen LogP contribution in [0.2, 0.25) is 0 Å². The standard InChI is InChI=1S/C13H16N4O/c1-18-11-4-2-3-10(13(11)14)17-8-7-16-6-5-15-12(16)9-17/h2-6H,7-9,14H2,1H3. The molecule has 2 aromatic rings. The second-order valence-electron chi connectivity index (χ2n) is 4.35. The van der Waals surface area contributed by atoms with Crippen molar-refractivity contribution in [3.05, 3.63) is 36.4 Å². The molecule has 1 aromatic heterocycles. The van der Waals surface area contributed by atoms with Crippen LogP contribution in [0, 0.1) is 0 Å². The molecule has 0 spiro atoms. The molecule has 94 valence electrons. The Labute approximate surface area is 106 Å². The number of fused-ring (bicyclic) bond motifs is 1. The summed E-state index contributed by atoms with van der Waals surface area (Å²) < 4.78 is 7.43. The van der Waals surface area contributed by atoms with E-state index in [0.717, 1.165) is 36.9 Å². The van der Waals surface area contributed by atoms with Gasteiger partial charge in [-0.2, -0.15) is 0 Å². The van der Waals surface area contributed by atoms with Gasteiger partial charge < -0.3 is 19.9 Å². The minimum Gasteiger partial charge on any atom is -0.495 e. The average Bonchev–Trinajstić information content (AvgIpc) is 2.86. The van der Waals surface area contributed by atoms with E-state index in [-0.39, 0.29) is 0 Å². The number of methoxy groups -OCH3 is 1. The number of benzene rings is 1. The molecule has 0 aliphatic carbocycles. The molecule has 5 nitrogen and oxygen atoms in total. The van der Waals surface area contributed by atoms with Crippen molar-refractivity contribution >= 4 is 11.4 Å². The predicted molar refractivity (Wildman–Crippen MR) is 70.7 cm³/mol. The minimum absolute atomic E-state index is 0.694. The number of hydrogen-bond donors (Lipinski definition) is 1. The lowest BCUT2D eigenvalue weighted by Crippen LogP contribution is -2.34. The molecule has 0 bridgehead atoms. The van der Waals surface area contributed by atoms with E-state index in [9.17, 15) is 0 Å². The van der Waals surface area contributed by atoms with Crippen molar-refractivity contribution in [1.29, 1.82) is 0 Å². The molecule has 0 saturated carbocycles. The van der Waals surface area contributed by atoms with Crippen molar-refractivity contribution in [2.24, 2.45) is 0 Å². The molecule has 2 N–H and O–H groups in total. The zero-order valence-electron chi connectivity index (χ0n) is 10.3. The maximum Gasteiger partial charge on any atom is 0.143 e. The fraction of sp³-hybridized carbons (Fsp3) is 0.308. The number of anilines is 2. The first-order chi connectivity index (χ1) is 8.79. The third-order valence-electron chi connectivity index (χ3n) is 3.35. The summed E-state index contributed by atoms with van der Waals surface area (Å²) in [6, 6.07) is 5.87. The van der Waals surface area contributed by atoms with Crippen molar-refractivity contribution in [3.63, 3.8) is 0 Å². The molecular weight excluding hydrogens is 228 g/mol. The van der Waals surface area contributed by atoms with Gasteiger partial charge in [-0.25, -0.2) is 4.98 Å². The summed E-state index contributed by atoms with van der Waals surface area (Å²) >= 11 is 0. The van der Waals surface area contributed by atoms with Crippen LogP contribution in [-0.4, -0.2) is 23.2 Å². The third kappa shape index (κ3) is 1.68.